The average Bonchev–Trinajstić information content (AvgIpc) is 3.21. The van der Waals surface area contributed by atoms with Gasteiger partial charge in [-0.25, -0.2) is 9.67 Å². The monoisotopic (exact) mass is 327 g/mol. The van der Waals surface area contributed by atoms with E-state index in [0.29, 0.717) is 6.04 Å². The molecule has 2 aliphatic rings. The lowest BCUT2D eigenvalue weighted by atomic mass is 9.91. The highest BCUT2D eigenvalue weighted by Crippen LogP contribution is 2.28. The largest absolute Gasteiger partial charge is 0.337 e. The van der Waals surface area contributed by atoms with Crippen LogP contribution in [0.25, 0.3) is 0 Å². The number of nitrogens with one attached hydrogen (secondary N) is 1. The van der Waals surface area contributed by atoms with Crippen LogP contribution in [0.4, 0.5) is 0 Å². The minimum atomic E-state index is 0.0834. The van der Waals surface area contributed by atoms with Crippen LogP contribution in [0, 0.1) is 0 Å². The van der Waals surface area contributed by atoms with E-state index in [1.54, 1.807) is 4.68 Å². The zero-order valence-electron chi connectivity index (χ0n) is 14.2. The Hall–Kier alpha value is -1.95. The minimum absolute atomic E-state index is 0.0834. The van der Waals surface area contributed by atoms with Crippen molar-refractivity contribution in [3.05, 3.63) is 45.9 Å². The number of hydrogen-bond acceptors (Lipinski definition) is 4. The molecule has 0 aliphatic heterocycles. The van der Waals surface area contributed by atoms with Gasteiger partial charge in [0.1, 0.15) is 5.82 Å². The molecule has 1 fully saturated rings. The molecule has 0 amide bonds. The van der Waals surface area contributed by atoms with Crippen molar-refractivity contribution in [2.45, 2.75) is 63.6 Å². The molecule has 128 valence electrons. The van der Waals surface area contributed by atoms with Gasteiger partial charge in [0.2, 0.25) is 0 Å². The molecular formula is C18H25N5O. The molecule has 0 bridgehead atoms. The molecular weight excluding hydrogens is 302 g/mol. The fourth-order valence-corrected chi connectivity index (χ4v) is 4.00. The average molecular weight is 327 g/mol. The number of fused-ring (bicyclic) bond motifs is 1. The summed E-state index contributed by atoms with van der Waals surface area (Å²) in [5, 5.41) is 8.27. The van der Waals surface area contributed by atoms with Crippen LogP contribution in [0.5, 0.6) is 0 Å². The topological polar surface area (TPSA) is 64.7 Å². The van der Waals surface area contributed by atoms with Crippen molar-refractivity contribution in [2.75, 3.05) is 0 Å². The van der Waals surface area contributed by atoms with Crippen molar-refractivity contribution in [3.8, 4) is 0 Å². The zero-order valence-corrected chi connectivity index (χ0v) is 14.2. The summed E-state index contributed by atoms with van der Waals surface area (Å²) < 4.78 is 3.81. The smallest absolute Gasteiger partial charge is 0.267 e. The third-order valence-electron chi connectivity index (χ3n) is 5.49. The lowest BCUT2D eigenvalue weighted by molar-refractivity contribution is 0.266. The third kappa shape index (κ3) is 3.02. The van der Waals surface area contributed by atoms with Gasteiger partial charge in [0, 0.05) is 31.5 Å². The molecule has 6 heteroatoms. The van der Waals surface area contributed by atoms with E-state index < -0.39 is 0 Å². The van der Waals surface area contributed by atoms with E-state index in [2.05, 4.69) is 15.4 Å². The van der Waals surface area contributed by atoms with Crippen LogP contribution in [0.3, 0.4) is 0 Å². The van der Waals surface area contributed by atoms with Crippen LogP contribution < -0.4 is 10.9 Å². The van der Waals surface area contributed by atoms with E-state index in [4.69, 9.17) is 0 Å². The Morgan fingerprint density at radius 1 is 1.25 bits per heavy atom. The summed E-state index contributed by atoms with van der Waals surface area (Å²) in [6.07, 6.45) is 11.2. The normalized spacial score (nSPS) is 23.4. The zero-order chi connectivity index (χ0) is 16.5. The van der Waals surface area contributed by atoms with E-state index in [1.807, 2.05) is 30.1 Å². The Morgan fingerprint density at radius 3 is 2.83 bits per heavy atom. The van der Waals surface area contributed by atoms with Gasteiger partial charge in [0.05, 0.1) is 18.3 Å². The van der Waals surface area contributed by atoms with E-state index in [1.165, 1.54) is 5.56 Å². The van der Waals surface area contributed by atoms with Crippen LogP contribution in [0.15, 0.2) is 23.3 Å². The summed E-state index contributed by atoms with van der Waals surface area (Å²) in [6.45, 7) is 0.801. The number of nitrogens with zero attached hydrogens (tertiary/aromatic N) is 4. The standard InChI is InChI=1S/C18H25N5O/c1-22-10-9-19-17(22)12-20-14-5-7-15(8-6-14)23-18(24)11-13-3-2-4-16(13)21-23/h9-11,14-15,20H,2-8,12H2,1H3. The van der Waals surface area contributed by atoms with Crippen molar-refractivity contribution in [2.24, 2.45) is 7.05 Å². The minimum Gasteiger partial charge on any atom is -0.337 e. The first-order valence-corrected chi connectivity index (χ1v) is 9.02. The Kier molecular flexibility index (Phi) is 4.22. The molecule has 4 rings (SSSR count). The number of aromatic nitrogens is 4. The van der Waals surface area contributed by atoms with E-state index in [9.17, 15) is 4.79 Å². The van der Waals surface area contributed by atoms with Gasteiger partial charge in [-0.2, -0.15) is 5.10 Å². The van der Waals surface area contributed by atoms with Crippen LogP contribution in [-0.4, -0.2) is 25.4 Å². The van der Waals surface area contributed by atoms with Crippen LogP contribution in [0.2, 0.25) is 0 Å². The van der Waals surface area contributed by atoms with Crippen molar-refractivity contribution < 1.29 is 0 Å². The van der Waals surface area contributed by atoms with Gasteiger partial charge in [-0.1, -0.05) is 0 Å². The number of hydrogen-bond donors (Lipinski definition) is 1. The summed E-state index contributed by atoms with van der Waals surface area (Å²) in [7, 11) is 2.02. The number of aryl methyl sites for hydroxylation is 3. The van der Waals surface area contributed by atoms with Crippen molar-refractivity contribution in [1.82, 2.24) is 24.6 Å². The second kappa shape index (κ2) is 6.51. The van der Waals surface area contributed by atoms with Crippen molar-refractivity contribution in [3.63, 3.8) is 0 Å². The number of imidazole rings is 1. The van der Waals surface area contributed by atoms with Crippen LogP contribution >= 0.6 is 0 Å². The third-order valence-corrected chi connectivity index (χ3v) is 5.49. The molecule has 0 saturated heterocycles. The first-order chi connectivity index (χ1) is 11.7. The molecule has 24 heavy (non-hydrogen) atoms. The van der Waals surface area contributed by atoms with Crippen LogP contribution in [-0.2, 0) is 26.4 Å². The Morgan fingerprint density at radius 2 is 2.08 bits per heavy atom. The van der Waals surface area contributed by atoms with E-state index >= 15 is 0 Å². The summed E-state index contributed by atoms with van der Waals surface area (Å²) in [6, 6.07) is 2.58. The maximum atomic E-state index is 12.4. The van der Waals surface area contributed by atoms with Gasteiger partial charge in [0.25, 0.3) is 5.56 Å². The van der Waals surface area contributed by atoms with Crippen molar-refractivity contribution in [1.29, 1.82) is 0 Å². The molecule has 1 N–H and O–H groups in total. The maximum Gasteiger partial charge on any atom is 0.267 e. The number of rotatable bonds is 4. The van der Waals surface area contributed by atoms with Gasteiger partial charge in [-0.3, -0.25) is 4.79 Å². The first kappa shape index (κ1) is 15.6. The molecule has 6 nitrogen and oxygen atoms in total. The van der Waals surface area contributed by atoms with E-state index in [0.717, 1.165) is 63.0 Å². The molecule has 0 radical (unpaired) electrons. The summed E-state index contributed by atoms with van der Waals surface area (Å²) in [4.78, 5) is 16.7. The highest BCUT2D eigenvalue weighted by molar-refractivity contribution is 5.22. The molecule has 2 aromatic heterocycles. The lowest BCUT2D eigenvalue weighted by Gasteiger charge is -2.29. The second-order valence-electron chi connectivity index (χ2n) is 7.09. The van der Waals surface area contributed by atoms with E-state index in [-0.39, 0.29) is 11.6 Å². The molecule has 2 aliphatic carbocycles. The lowest BCUT2D eigenvalue weighted by Crippen LogP contribution is -2.37. The molecule has 0 spiro atoms. The Balaban J connectivity index is 1.36. The predicted octanol–water partition coefficient (Wildman–Crippen LogP) is 1.74. The summed E-state index contributed by atoms with van der Waals surface area (Å²) in [5.74, 6) is 1.06. The molecule has 0 unspecified atom stereocenters. The van der Waals surface area contributed by atoms with Gasteiger partial charge >= 0.3 is 0 Å². The SMILES string of the molecule is Cn1ccnc1CNC1CCC(n2nc3c(cc2=O)CCC3)CC1. The fourth-order valence-electron chi connectivity index (χ4n) is 4.00. The summed E-state index contributed by atoms with van der Waals surface area (Å²) in [5.41, 5.74) is 2.39. The molecule has 1 saturated carbocycles. The molecule has 2 aromatic rings. The molecule has 0 atom stereocenters. The van der Waals surface area contributed by atoms with Gasteiger partial charge in [-0.05, 0) is 50.5 Å². The maximum absolute atomic E-state index is 12.4. The first-order valence-electron chi connectivity index (χ1n) is 9.02. The highest BCUT2D eigenvalue weighted by Gasteiger charge is 2.25. The quantitative estimate of drug-likeness (QED) is 0.929. The second-order valence-corrected chi connectivity index (χ2v) is 7.09. The Labute approximate surface area is 141 Å². The van der Waals surface area contributed by atoms with Gasteiger partial charge in [0.15, 0.2) is 0 Å². The molecule has 2 heterocycles. The van der Waals surface area contributed by atoms with Crippen molar-refractivity contribution >= 4 is 0 Å². The fraction of sp³-hybridized carbons (Fsp3) is 0.611. The van der Waals surface area contributed by atoms with Gasteiger partial charge < -0.3 is 9.88 Å². The Bertz CT molecular complexity index is 770. The van der Waals surface area contributed by atoms with Gasteiger partial charge in [-0.15, -0.1) is 0 Å². The predicted molar refractivity (Wildman–Crippen MR) is 91.9 cm³/mol. The summed E-state index contributed by atoms with van der Waals surface area (Å²) >= 11 is 0. The molecule has 0 aromatic carbocycles. The highest BCUT2D eigenvalue weighted by atomic mass is 16.1. The van der Waals surface area contributed by atoms with Crippen LogP contribution in [0.1, 0.15) is 55.2 Å².